The van der Waals surface area contributed by atoms with E-state index in [2.05, 4.69) is 38.0 Å². The highest BCUT2D eigenvalue weighted by Gasteiger charge is 2.22. The van der Waals surface area contributed by atoms with E-state index in [1.165, 1.54) is 6.26 Å². The van der Waals surface area contributed by atoms with Crippen LogP contribution in [0.2, 0.25) is 0 Å². The molecule has 0 bridgehead atoms. The number of nitrogens with zero attached hydrogens (tertiary/aromatic N) is 2. The van der Waals surface area contributed by atoms with Crippen LogP contribution in [0, 0.1) is 11.3 Å². The Bertz CT molecular complexity index is 575. The number of aromatic nitrogens is 1. The van der Waals surface area contributed by atoms with Crippen molar-refractivity contribution < 1.29 is 14.0 Å². The molecule has 0 fully saturated rings. The van der Waals surface area contributed by atoms with E-state index in [0.717, 1.165) is 19.3 Å². The van der Waals surface area contributed by atoms with Gasteiger partial charge in [-0.3, -0.25) is 9.59 Å². The zero-order valence-electron chi connectivity index (χ0n) is 17.2. The first-order chi connectivity index (χ1) is 12.2. The summed E-state index contributed by atoms with van der Waals surface area (Å²) in [5.41, 5.74) is 0.469. The molecule has 1 aromatic rings. The normalized spacial score (nSPS) is 12.7. The lowest BCUT2D eigenvalue weighted by molar-refractivity contribution is -0.133. The summed E-state index contributed by atoms with van der Waals surface area (Å²) in [5, 5.41) is 2.77. The fourth-order valence-electron chi connectivity index (χ4n) is 3.09. The molecule has 0 aromatic carbocycles. The fraction of sp³-hybridized carbons (Fsp3) is 0.750. The van der Waals surface area contributed by atoms with Crippen molar-refractivity contribution in [2.45, 2.75) is 73.8 Å². The highest BCUT2D eigenvalue weighted by molar-refractivity contribution is 5.91. The standard InChI is InChI=1S/C20H35N3O3/c1-7-9-21-19(25)16-14-26-17(22-16)13-23(10-8-2)18(24)11-15(3)12-20(4,5)6/h14-15H,7-13H2,1-6H3,(H,21,25)/t15-/m1/s1. The number of nitrogens with one attached hydrogen (secondary N) is 1. The summed E-state index contributed by atoms with van der Waals surface area (Å²) in [6.45, 7) is 14.3. The monoisotopic (exact) mass is 365 g/mol. The summed E-state index contributed by atoms with van der Waals surface area (Å²) in [4.78, 5) is 30.6. The van der Waals surface area contributed by atoms with Gasteiger partial charge in [0.1, 0.15) is 6.26 Å². The SMILES string of the molecule is CCCNC(=O)c1coc(CN(CCC)C(=O)C[C@@H](C)CC(C)(C)C)n1. The van der Waals surface area contributed by atoms with Crippen molar-refractivity contribution in [3.8, 4) is 0 Å². The van der Waals surface area contributed by atoms with Crippen molar-refractivity contribution >= 4 is 11.8 Å². The lowest BCUT2D eigenvalue weighted by Crippen LogP contribution is -2.33. The van der Waals surface area contributed by atoms with E-state index < -0.39 is 0 Å². The number of rotatable bonds is 10. The summed E-state index contributed by atoms with van der Waals surface area (Å²) >= 11 is 0. The Labute approximate surface area is 157 Å². The van der Waals surface area contributed by atoms with Crippen LogP contribution in [0.4, 0.5) is 0 Å². The van der Waals surface area contributed by atoms with Gasteiger partial charge in [0.2, 0.25) is 11.8 Å². The maximum absolute atomic E-state index is 12.7. The Hall–Kier alpha value is -1.85. The van der Waals surface area contributed by atoms with Gasteiger partial charge in [-0.15, -0.1) is 0 Å². The molecule has 1 N–H and O–H groups in total. The van der Waals surface area contributed by atoms with Crippen molar-refractivity contribution in [2.24, 2.45) is 11.3 Å². The summed E-state index contributed by atoms with van der Waals surface area (Å²) in [6.07, 6.45) is 4.60. The highest BCUT2D eigenvalue weighted by Crippen LogP contribution is 2.26. The Morgan fingerprint density at radius 2 is 1.96 bits per heavy atom. The summed E-state index contributed by atoms with van der Waals surface area (Å²) in [7, 11) is 0. The minimum atomic E-state index is -0.242. The van der Waals surface area contributed by atoms with Crippen LogP contribution in [0.25, 0.3) is 0 Å². The topological polar surface area (TPSA) is 75.4 Å². The van der Waals surface area contributed by atoms with Crippen LogP contribution in [0.1, 0.15) is 83.6 Å². The first kappa shape index (κ1) is 22.2. The van der Waals surface area contributed by atoms with Crippen LogP contribution in [0.5, 0.6) is 0 Å². The van der Waals surface area contributed by atoms with Gasteiger partial charge in [0.15, 0.2) is 5.69 Å². The van der Waals surface area contributed by atoms with E-state index in [1.54, 1.807) is 4.90 Å². The van der Waals surface area contributed by atoms with Crippen LogP contribution < -0.4 is 5.32 Å². The van der Waals surface area contributed by atoms with Gasteiger partial charge >= 0.3 is 0 Å². The second kappa shape index (κ2) is 10.3. The predicted octanol–water partition coefficient (Wildman–Crippen LogP) is 4.02. The molecule has 2 amide bonds. The molecule has 0 aliphatic carbocycles. The van der Waals surface area contributed by atoms with Gasteiger partial charge in [0.25, 0.3) is 5.91 Å². The first-order valence-electron chi connectivity index (χ1n) is 9.66. The van der Waals surface area contributed by atoms with Crippen molar-refractivity contribution in [1.29, 1.82) is 0 Å². The van der Waals surface area contributed by atoms with Crippen LogP contribution in [-0.2, 0) is 11.3 Å². The number of carbonyl (C=O) groups is 2. The molecule has 0 saturated carbocycles. The summed E-state index contributed by atoms with van der Waals surface area (Å²) in [6, 6.07) is 0. The van der Waals surface area contributed by atoms with E-state index in [9.17, 15) is 9.59 Å². The van der Waals surface area contributed by atoms with Crippen molar-refractivity contribution in [1.82, 2.24) is 15.2 Å². The zero-order valence-corrected chi connectivity index (χ0v) is 17.2. The minimum Gasteiger partial charge on any atom is -0.446 e. The van der Waals surface area contributed by atoms with Gasteiger partial charge in [0.05, 0.1) is 6.54 Å². The minimum absolute atomic E-state index is 0.110. The Morgan fingerprint density at radius 3 is 2.54 bits per heavy atom. The molecule has 0 spiro atoms. The fourth-order valence-corrected chi connectivity index (χ4v) is 3.09. The first-order valence-corrected chi connectivity index (χ1v) is 9.66. The average Bonchev–Trinajstić information content (AvgIpc) is 2.98. The number of hydrogen-bond acceptors (Lipinski definition) is 4. The van der Waals surface area contributed by atoms with Crippen LogP contribution >= 0.6 is 0 Å². The van der Waals surface area contributed by atoms with Gasteiger partial charge in [0, 0.05) is 19.5 Å². The maximum atomic E-state index is 12.7. The van der Waals surface area contributed by atoms with Gasteiger partial charge in [-0.2, -0.15) is 0 Å². The molecule has 6 nitrogen and oxygen atoms in total. The van der Waals surface area contributed by atoms with Crippen molar-refractivity contribution in [3.63, 3.8) is 0 Å². The molecular weight excluding hydrogens is 330 g/mol. The molecule has 148 valence electrons. The predicted molar refractivity (Wildman–Crippen MR) is 103 cm³/mol. The Morgan fingerprint density at radius 1 is 1.27 bits per heavy atom. The third kappa shape index (κ3) is 8.02. The molecule has 1 atom stereocenters. The molecule has 0 aliphatic rings. The van der Waals surface area contributed by atoms with E-state index in [0.29, 0.717) is 37.9 Å². The van der Waals surface area contributed by atoms with Gasteiger partial charge in [-0.25, -0.2) is 4.98 Å². The molecule has 0 aliphatic heterocycles. The Kier molecular flexibility index (Phi) is 8.82. The van der Waals surface area contributed by atoms with Gasteiger partial charge in [-0.1, -0.05) is 41.5 Å². The molecule has 0 unspecified atom stereocenters. The molecule has 0 saturated heterocycles. The van der Waals surface area contributed by atoms with E-state index >= 15 is 0 Å². The van der Waals surface area contributed by atoms with E-state index in [1.807, 2.05) is 13.8 Å². The second-order valence-electron chi connectivity index (χ2n) is 8.27. The van der Waals surface area contributed by atoms with Gasteiger partial charge in [-0.05, 0) is 30.6 Å². The van der Waals surface area contributed by atoms with Crippen LogP contribution in [-0.4, -0.2) is 34.8 Å². The molecule has 6 heteroatoms. The van der Waals surface area contributed by atoms with Gasteiger partial charge < -0.3 is 14.6 Å². The molecule has 1 rings (SSSR count). The summed E-state index contributed by atoms with van der Waals surface area (Å²) < 4.78 is 5.41. The highest BCUT2D eigenvalue weighted by atomic mass is 16.3. The summed E-state index contributed by atoms with van der Waals surface area (Å²) in [5.74, 6) is 0.589. The third-order valence-corrected chi connectivity index (χ3v) is 3.98. The quantitative estimate of drug-likeness (QED) is 0.679. The second-order valence-corrected chi connectivity index (χ2v) is 8.27. The zero-order chi connectivity index (χ0) is 19.7. The average molecular weight is 366 g/mol. The van der Waals surface area contributed by atoms with Crippen molar-refractivity contribution in [2.75, 3.05) is 13.1 Å². The maximum Gasteiger partial charge on any atom is 0.273 e. The number of amides is 2. The third-order valence-electron chi connectivity index (χ3n) is 3.98. The molecule has 1 heterocycles. The molecule has 1 aromatic heterocycles. The molecule has 26 heavy (non-hydrogen) atoms. The molecular formula is C20H35N3O3. The lowest BCUT2D eigenvalue weighted by atomic mass is 9.84. The smallest absolute Gasteiger partial charge is 0.273 e. The molecule has 0 radical (unpaired) electrons. The van der Waals surface area contributed by atoms with E-state index in [-0.39, 0.29) is 22.9 Å². The number of hydrogen-bond donors (Lipinski definition) is 1. The van der Waals surface area contributed by atoms with Crippen LogP contribution in [0.15, 0.2) is 10.7 Å². The number of carbonyl (C=O) groups excluding carboxylic acids is 2. The van der Waals surface area contributed by atoms with Crippen LogP contribution in [0.3, 0.4) is 0 Å². The Balaban J connectivity index is 2.68. The van der Waals surface area contributed by atoms with E-state index in [4.69, 9.17) is 4.42 Å². The number of oxazole rings is 1. The lowest BCUT2D eigenvalue weighted by Gasteiger charge is -2.26. The largest absolute Gasteiger partial charge is 0.446 e. The van der Waals surface area contributed by atoms with Crippen molar-refractivity contribution in [3.05, 3.63) is 17.8 Å².